The second kappa shape index (κ2) is 5.54. The van der Waals surface area contributed by atoms with Crippen LogP contribution >= 0.6 is 11.8 Å². The molecule has 0 aromatic heterocycles. The highest BCUT2D eigenvalue weighted by molar-refractivity contribution is 7.98. The van der Waals surface area contributed by atoms with Gasteiger partial charge in [-0.3, -0.25) is 4.84 Å². The minimum atomic E-state index is -0.0825. The van der Waals surface area contributed by atoms with Gasteiger partial charge in [0.25, 0.3) is 0 Å². The van der Waals surface area contributed by atoms with E-state index in [9.17, 15) is 0 Å². The second-order valence-corrected chi connectivity index (χ2v) is 8.89. The van der Waals surface area contributed by atoms with E-state index in [1.807, 2.05) is 11.8 Å². The average Bonchev–Trinajstić information content (AvgIpc) is 2.69. The molecule has 1 aromatic carbocycles. The van der Waals surface area contributed by atoms with Crippen molar-refractivity contribution < 1.29 is 4.84 Å². The Bertz CT molecular complexity index is 537. The first-order valence-corrected chi connectivity index (χ1v) is 9.56. The normalized spacial score (nSPS) is 33.6. The fourth-order valence-corrected chi connectivity index (χ4v) is 5.68. The Morgan fingerprint density at radius 2 is 1.73 bits per heavy atom. The summed E-state index contributed by atoms with van der Waals surface area (Å²) in [5.74, 6) is 1.17. The molecule has 3 rings (SSSR count). The van der Waals surface area contributed by atoms with E-state index in [1.54, 1.807) is 0 Å². The molecule has 0 radical (unpaired) electrons. The van der Waals surface area contributed by atoms with Gasteiger partial charge in [0, 0.05) is 23.9 Å². The number of thioether (sulfide) groups is 1. The second-order valence-electron chi connectivity index (χ2n) is 8.01. The molecule has 3 atom stereocenters. The van der Waals surface area contributed by atoms with Gasteiger partial charge in [-0.1, -0.05) is 26.0 Å². The van der Waals surface area contributed by atoms with Gasteiger partial charge in [0.1, 0.15) is 0 Å². The summed E-state index contributed by atoms with van der Waals surface area (Å²) in [5.41, 5.74) is 1.64. The van der Waals surface area contributed by atoms with Gasteiger partial charge in [0.15, 0.2) is 0 Å². The lowest BCUT2D eigenvalue weighted by Gasteiger charge is -2.50. The molecule has 2 nitrogen and oxygen atoms in total. The molecule has 1 aliphatic heterocycles. The predicted octanol–water partition coefficient (Wildman–Crippen LogP) is 4.95. The molecule has 1 heterocycles. The van der Waals surface area contributed by atoms with Crippen LogP contribution in [0.5, 0.6) is 0 Å². The lowest BCUT2D eigenvalue weighted by atomic mass is 9.55. The van der Waals surface area contributed by atoms with Crippen LogP contribution in [0.4, 0.5) is 0 Å². The first-order chi connectivity index (χ1) is 10.3. The van der Waals surface area contributed by atoms with Gasteiger partial charge < -0.3 is 0 Å². The van der Waals surface area contributed by atoms with Gasteiger partial charge in [-0.05, 0) is 62.0 Å². The molecule has 0 spiro atoms. The highest BCUT2D eigenvalue weighted by atomic mass is 32.2. The van der Waals surface area contributed by atoms with Crippen LogP contribution in [0.3, 0.4) is 0 Å². The van der Waals surface area contributed by atoms with E-state index in [0.29, 0.717) is 17.9 Å². The van der Waals surface area contributed by atoms with Crippen molar-refractivity contribution in [2.45, 2.75) is 63.0 Å². The lowest BCUT2D eigenvalue weighted by molar-refractivity contribution is -0.180. The fourth-order valence-electron chi connectivity index (χ4n) is 5.27. The first kappa shape index (κ1) is 16.4. The van der Waals surface area contributed by atoms with E-state index in [4.69, 9.17) is 4.84 Å². The summed E-state index contributed by atoms with van der Waals surface area (Å²) in [7, 11) is 2.11. The van der Waals surface area contributed by atoms with E-state index >= 15 is 0 Å². The number of rotatable bonds is 2. The molecule has 1 saturated carbocycles. The van der Waals surface area contributed by atoms with Gasteiger partial charge in [-0.2, -0.15) is 5.06 Å². The fraction of sp³-hybridized carbons (Fsp3) is 0.684. The van der Waals surface area contributed by atoms with E-state index in [-0.39, 0.29) is 11.0 Å². The molecule has 2 fully saturated rings. The summed E-state index contributed by atoms with van der Waals surface area (Å²) in [6.07, 6.45) is 4.61. The van der Waals surface area contributed by atoms with Crippen LogP contribution in [-0.4, -0.2) is 30.0 Å². The van der Waals surface area contributed by atoms with Crippen LogP contribution in [0.25, 0.3) is 0 Å². The van der Waals surface area contributed by atoms with Gasteiger partial charge in [0.05, 0.1) is 5.60 Å². The zero-order valence-electron chi connectivity index (χ0n) is 14.7. The van der Waals surface area contributed by atoms with E-state index in [1.165, 1.54) is 23.3 Å². The number of benzene rings is 1. The molecule has 1 aliphatic carbocycles. The number of hydroxylamine groups is 2. The smallest absolute Gasteiger partial charge is 0.0892 e. The summed E-state index contributed by atoms with van der Waals surface area (Å²) >= 11 is 1.81. The standard InChI is InChI=1S/C19H29NOS/c1-18(2)15(13-7-9-14(22-6)10-8-13)11-12-16-17(18)19(3,4)21-20(16)5/h7-10,15-17H,11-12H2,1-6H3. The monoisotopic (exact) mass is 319 g/mol. The Morgan fingerprint density at radius 3 is 2.32 bits per heavy atom. The van der Waals surface area contributed by atoms with E-state index < -0.39 is 0 Å². The quantitative estimate of drug-likeness (QED) is 0.715. The predicted molar refractivity (Wildman–Crippen MR) is 94.2 cm³/mol. The van der Waals surface area contributed by atoms with Crippen molar-refractivity contribution in [3.05, 3.63) is 29.8 Å². The van der Waals surface area contributed by atoms with Crippen LogP contribution in [-0.2, 0) is 4.84 Å². The third kappa shape index (κ3) is 2.51. The average molecular weight is 320 g/mol. The van der Waals surface area contributed by atoms with Gasteiger partial charge in [0.2, 0.25) is 0 Å². The van der Waals surface area contributed by atoms with Crippen LogP contribution in [0, 0.1) is 11.3 Å². The summed E-state index contributed by atoms with van der Waals surface area (Å²) in [6.45, 7) is 9.41. The van der Waals surface area contributed by atoms with Crippen molar-refractivity contribution in [2.75, 3.05) is 13.3 Å². The Balaban J connectivity index is 1.94. The van der Waals surface area contributed by atoms with Crippen LogP contribution in [0.2, 0.25) is 0 Å². The van der Waals surface area contributed by atoms with Gasteiger partial charge in [-0.15, -0.1) is 11.8 Å². The minimum Gasteiger partial charge on any atom is -0.293 e. The molecule has 1 saturated heterocycles. The van der Waals surface area contributed by atoms with E-state index in [0.717, 1.165) is 0 Å². The van der Waals surface area contributed by atoms with Gasteiger partial charge >= 0.3 is 0 Å². The van der Waals surface area contributed by atoms with Crippen molar-refractivity contribution in [2.24, 2.45) is 11.3 Å². The summed E-state index contributed by atoms with van der Waals surface area (Å²) < 4.78 is 0. The third-order valence-corrected chi connectivity index (χ3v) is 6.69. The Kier molecular flexibility index (Phi) is 4.12. The number of fused-ring (bicyclic) bond motifs is 1. The largest absolute Gasteiger partial charge is 0.293 e. The summed E-state index contributed by atoms with van der Waals surface area (Å²) in [6, 6.07) is 9.76. The number of nitrogens with zero attached hydrogens (tertiary/aromatic N) is 1. The molecule has 0 N–H and O–H groups in total. The molecule has 122 valence electrons. The molecule has 1 aromatic rings. The topological polar surface area (TPSA) is 12.5 Å². The maximum absolute atomic E-state index is 6.18. The van der Waals surface area contributed by atoms with Crippen LogP contribution in [0.15, 0.2) is 29.2 Å². The minimum absolute atomic E-state index is 0.0825. The van der Waals surface area contributed by atoms with Crippen LogP contribution < -0.4 is 0 Å². The lowest BCUT2D eigenvalue weighted by Crippen LogP contribution is -2.49. The highest BCUT2D eigenvalue weighted by Crippen LogP contribution is 2.58. The molecule has 3 heteroatoms. The summed E-state index contributed by atoms with van der Waals surface area (Å²) in [4.78, 5) is 7.53. The maximum atomic E-state index is 6.18. The van der Waals surface area contributed by atoms with E-state index in [2.05, 4.69) is 70.3 Å². The molecule has 2 aliphatic rings. The molecule has 0 amide bonds. The van der Waals surface area contributed by atoms with Crippen molar-refractivity contribution in [1.29, 1.82) is 0 Å². The van der Waals surface area contributed by atoms with Crippen molar-refractivity contribution in [3.8, 4) is 0 Å². The SMILES string of the molecule is CSc1ccc(C2CCC3C(C(C)(C)ON3C)C2(C)C)cc1. The molecule has 3 unspecified atom stereocenters. The summed E-state index contributed by atoms with van der Waals surface area (Å²) in [5, 5.41) is 2.12. The number of hydrogen-bond donors (Lipinski definition) is 0. The van der Waals surface area contributed by atoms with Crippen LogP contribution in [0.1, 0.15) is 52.0 Å². The van der Waals surface area contributed by atoms with Crippen molar-refractivity contribution in [3.63, 3.8) is 0 Å². The maximum Gasteiger partial charge on any atom is 0.0892 e. The number of hydrogen-bond acceptors (Lipinski definition) is 3. The Morgan fingerprint density at radius 1 is 1.09 bits per heavy atom. The molecule has 0 bridgehead atoms. The zero-order chi connectivity index (χ0) is 16.1. The molecular formula is C19H29NOS. The van der Waals surface area contributed by atoms with Crippen molar-refractivity contribution >= 4 is 11.8 Å². The molecule has 22 heavy (non-hydrogen) atoms. The first-order valence-electron chi connectivity index (χ1n) is 8.33. The Hall–Kier alpha value is -0.510. The van der Waals surface area contributed by atoms with Crippen molar-refractivity contribution in [1.82, 2.24) is 5.06 Å². The Labute approximate surface area is 139 Å². The molecular weight excluding hydrogens is 290 g/mol. The zero-order valence-corrected chi connectivity index (χ0v) is 15.5. The highest BCUT2D eigenvalue weighted by Gasteiger charge is 2.58. The van der Waals surface area contributed by atoms with Gasteiger partial charge in [-0.25, -0.2) is 0 Å². The third-order valence-electron chi connectivity index (χ3n) is 5.95.